The Morgan fingerprint density at radius 2 is 1.73 bits per heavy atom. The zero-order chi connectivity index (χ0) is 19.1. The summed E-state index contributed by atoms with van der Waals surface area (Å²) >= 11 is 0. The Balaban J connectivity index is 1.98. The highest BCUT2D eigenvalue weighted by molar-refractivity contribution is 5.96. The van der Waals surface area contributed by atoms with Gasteiger partial charge < -0.3 is 15.4 Å². The van der Waals surface area contributed by atoms with E-state index >= 15 is 0 Å². The van der Waals surface area contributed by atoms with Gasteiger partial charge in [-0.25, -0.2) is 4.39 Å². The van der Waals surface area contributed by atoms with Gasteiger partial charge in [-0.15, -0.1) is 0 Å². The zero-order valence-electron chi connectivity index (χ0n) is 14.5. The van der Waals surface area contributed by atoms with E-state index in [2.05, 4.69) is 10.6 Å². The molecule has 7 heteroatoms. The smallest absolute Gasteiger partial charge is 0.258 e. The van der Waals surface area contributed by atoms with E-state index in [1.54, 1.807) is 24.3 Å². The van der Waals surface area contributed by atoms with Crippen molar-refractivity contribution in [3.63, 3.8) is 0 Å². The molecule has 26 heavy (non-hydrogen) atoms. The van der Waals surface area contributed by atoms with Crippen molar-refractivity contribution in [3.8, 4) is 5.75 Å². The minimum Gasteiger partial charge on any atom is -0.482 e. The molecule has 0 heterocycles. The minimum absolute atomic E-state index is 0.162. The van der Waals surface area contributed by atoms with E-state index in [0.29, 0.717) is 11.3 Å². The molecule has 2 aromatic carbocycles. The SMILES string of the molecule is CC(=O)Nc1ccc(C(C)=O)cc1OCC(=O)NCc1ccc(F)cc1. The van der Waals surface area contributed by atoms with Gasteiger partial charge in [0.25, 0.3) is 5.91 Å². The lowest BCUT2D eigenvalue weighted by Gasteiger charge is -2.13. The van der Waals surface area contributed by atoms with Crippen LogP contribution in [0.2, 0.25) is 0 Å². The van der Waals surface area contributed by atoms with Crippen LogP contribution in [0.4, 0.5) is 10.1 Å². The first-order valence-corrected chi connectivity index (χ1v) is 7.91. The van der Waals surface area contributed by atoms with Crippen molar-refractivity contribution < 1.29 is 23.5 Å². The highest BCUT2D eigenvalue weighted by Gasteiger charge is 2.11. The van der Waals surface area contributed by atoms with Crippen molar-refractivity contribution in [2.24, 2.45) is 0 Å². The van der Waals surface area contributed by atoms with E-state index in [4.69, 9.17) is 4.74 Å². The maximum Gasteiger partial charge on any atom is 0.258 e. The van der Waals surface area contributed by atoms with E-state index in [0.717, 1.165) is 5.56 Å². The van der Waals surface area contributed by atoms with Crippen molar-refractivity contribution in [1.82, 2.24) is 5.32 Å². The fourth-order valence-electron chi connectivity index (χ4n) is 2.15. The summed E-state index contributed by atoms with van der Waals surface area (Å²) in [5.41, 5.74) is 1.52. The number of rotatable bonds is 7. The molecule has 2 N–H and O–H groups in total. The van der Waals surface area contributed by atoms with Crippen LogP contribution >= 0.6 is 0 Å². The quantitative estimate of drug-likeness (QED) is 0.746. The van der Waals surface area contributed by atoms with E-state index in [1.807, 2.05) is 0 Å². The molecule has 0 bridgehead atoms. The molecule has 0 aromatic heterocycles. The van der Waals surface area contributed by atoms with Crippen molar-refractivity contribution in [3.05, 3.63) is 59.4 Å². The molecule has 0 saturated carbocycles. The fourth-order valence-corrected chi connectivity index (χ4v) is 2.15. The van der Waals surface area contributed by atoms with Crippen molar-refractivity contribution in [2.75, 3.05) is 11.9 Å². The van der Waals surface area contributed by atoms with Gasteiger partial charge in [0.2, 0.25) is 5.91 Å². The Kier molecular flexibility index (Phi) is 6.43. The predicted molar refractivity (Wildman–Crippen MR) is 94.5 cm³/mol. The standard InChI is InChI=1S/C19H19FN2O4/c1-12(23)15-5-8-17(22-13(2)24)18(9-15)26-11-19(25)21-10-14-3-6-16(20)7-4-14/h3-9H,10-11H2,1-2H3,(H,21,25)(H,22,24). The highest BCUT2D eigenvalue weighted by atomic mass is 19.1. The predicted octanol–water partition coefficient (Wildman–Crippen LogP) is 2.68. The number of ketones is 1. The Bertz CT molecular complexity index is 819. The number of amides is 2. The summed E-state index contributed by atoms with van der Waals surface area (Å²) in [6.07, 6.45) is 0. The summed E-state index contributed by atoms with van der Waals surface area (Å²) in [7, 11) is 0. The maximum atomic E-state index is 12.9. The Morgan fingerprint density at radius 1 is 1.04 bits per heavy atom. The van der Waals surface area contributed by atoms with Gasteiger partial charge in [0.15, 0.2) is 12.4 Å². The summed E-state index contributed by atoms with van der Waals surface area (Å²) in [5.74, 6) is -0.975. The van der Waals surface area contributed by atoms with Crippen molar-refractivity contribution in [2.45, 2.75) is 20.4 Å². The number of hydrogen-bond acceptors (Lipinski definition) is 4. The first-order valence-electron chi connectivity index (χ1n) is 7.91. The van der Waals surface area contributed by atoms with Gasteiger partial charge in [0, 0.05) is 19.0 Å². The van der Waals surface area contributed by atoms with Gasteiger partial charge >= 0.3 is 0 Å². The second-order valence-electron chi connectivity index (χ2n) is 5.64. The van der Waals surface area contributed by atoms with Crippen molar-refractivity contribution in [1.29, 1.82) is 0 Å². The Morgan fingerprint density at radius 3 is 2.35 bits per heavy atom. The van der Waals surface area contributed by atoms with E-state index in [9.17, 15) is 18.8 Å². The minimum atomic E-state index is -0.392. The molecule has 2 rings (SSSR count). The number of halogens is 1. The molecule has 0 saturated heterocycles. The van der Waals surface area contributed by atoms with Crippen LogP contribution in [-0.4, -0.2) is 24.2 Å². The summed E-state index contributed by atoms with van der Waals surface area (Å²) in [6, 6.07) is 10.3. The summed E-state index contributed by atoms with van der Waals surface area (Å²) in [4.78, 5) is 34.7. The lowest BCUT2D eigenvalue weighted by Crippen LogP contribution is -2.28. The third-order valence-electron chi connectivity index (χ3n) is 3.46. The zero-order valence-corrected chi connectivity index (χ0v) is 14.5. The van der Waals surface area contributed by atoms with Crippen LogP contribution in [-0.2, 0) is 16.1 Å². The molecular weight excluding hydrogens is 339 g/mol. The average molecular weight is 358 g/mol. The lowest BCUT2D eigenvalue weighted by atomic mass is 10.1. The normalized spacial score (nSPS) is 10.1. The monoisotopic (exact) mass is 358 g/mol. The largest absolute Gasteiger partial charge is 0.482 e. The summed E-state index contributed by atoms with van der Waals surface area (Å²) < 4.78 is 18.3. The molecule has 0 spiro atoms. The molecule has 0 unspecified atom stereocenters. The average Bonchev–Trinajstić information content (AvgIpc) is 2.59. The molecule has 0 aliphatic heterocycles. The number of benzene rings is 2. The number of ether oxygens (including phenoxy) is 1. The van der Waals surface area contributed by atoms with Gasteiger partial charge in [-0.05, 0) is 42.8 Å². The number of hydrogen-bond donors (Lipinski definition) is 2. The van der Waals surface area contributed by atoms with E-state index in [-0.39, 0.29) is 36.4 Å². The van der Waals surface area contributed by atoms with Crippen molar-refractivity contribution >= 4 is 23.3 Å². The van der Waals surface area contributed by atoms with Crippen LogP contribution < -0.4 is 15.4 Å². The third-order valence-corrected chi connectivity index (χ3v) is 3.46. The fraction of sp³-hybridized carbons (Fsp3) is 0.211. The maximum absolute atomic E-state index is 12.9. The molecular formula is C19H19FN2O4. The molecule has 136 valence electrons. The van der Waals surface area contributed by atoms with Gasteiger partial charge in [0.05, 0.1) is 5.69 Å². The number of carbonyl (C=O) groups excluding carboxylic acids is 3. The summed E-state index contributed by atoms with van der Waals surface area (Å²) in [6.45, 7) is 2.69. The second-order valence-corrected chi connectivity index (χ2v) is 5.64. The Hall–Kier alpha value is -3.22. The van der Waals surface area contributed by atoms with Gasteiger partial charge in [-0.2, -0.15) is 0 Å². The summed E-state index contributed by atoms with van der Waals surface area (Å²) in [5, 5.41) is 5.23. The number of anilines is 1. The number of carbonyl (C=O) groups is 3. The van der Waals surface area contributed by atoms with Crippen LogP contribution in [0.3, 0.4) is 0 Å². The van der Waals surface area contributed by atoms with Gasteiger partial charge in [-0.1, -0.05) is 12.1 Å². The van der Waals surface area contributed by atoms with Crippen LogP contribution in [0, 0.1) is 5.82 Å². The molecule has 0 aliphatic rings. The highest BCUT2D eigenvalue weighted by Crippen LogP contribution is 2.26. The van der Waals surface area contributed by atoms with Crippen LogP contribution in [0.25, 0.3) is 0 Å². The number of Topliss-reactive ketones (excluding diaryl/α,β-unsaturated/α-hetero) is 1. The second kappa shape index (κ2) is 8.75. The van der Waals surface area contributed by atoms with E-state index < -0.39 is 5.91 Å². The van der Waals surface area contributed by atoms with Crippen LogP contribution in [0.1, 0.15) is 29.8 Å². The lowest BCUT2D eigenvalue weighted by molar-refractivity contribution is -0.123. The van der Waals surface area contributed by atoms with Gasteiger partial charge in [0.1, 0.15) is 11.6 Å². The molecule has 2 aromatic rings. The first kappa shape index (κ1) is 19.1. The molecule has 0 fully saturated rings. The Labute approximate surface area is 150 Å². The van der Waals surface area contributed by atoms with E-state index in [1.165, 1.54) is 32.0 Å². The first-order chi connectivity index (χ1) is 12.3. The number of nitrogens with one attached hydrogen (secondary N) is 2. The molecule has 2 amide bonds. The molecule has 0 atom stereocenters. The van der Waals surface area contributed by atoms with Gasteiger partial charge in [-0.3, -0.25) is 14.4 Å². The topological polar surface area (TPSA) is 84.5 Å². The molecule has 6 nitrogen and oxygen atoms in total. The van der Waals surface area contributed by atoms with Crippen LogP contribution in [0.5, 0.6) is 5.75 Å². The van der Waals surface area contributed by atoms with Crippen LogP contribution in [0.15, 0.2) is 42.5 Å². The third kappa shape index (κ3) is 5.70. The molecule has 0 radical (unpaired) electrons. The molecule has 0 aliphatic carbocycles.